The van der Waals surface area contributed by atoms with Crippen LogP contribution in [0.4, 0.5) is 0 Å². The molecule has 2 heteroatoms. The van der Waals surface area contributed by atoms with Gasteiger partial charge in [0, 0.05) is 36.7 Å². The molecule has 16 heavy (non-hydrogen) atoms. The number of carbonyl (C=O) groups excluding carboxylic acids is 1. The van der Waals surface area contributed by atoms with Crippen molar-refractivity contribution in [3.05, 3.63) is 23.9 Å². The number of rotatable bonds is 1. The van der Waals surface area contributed by atoms with Gasteiger partial charge in [0.05, 0.1) is 0 Å². The molecule has 2 nitrogen and oxygen atoms in total. The summed E-state index contributed by atoms with van der Waals surface area (Å²) in [4.78, 5) is 14.5. The molecule has 2 bridgehead atoms. The Hall–Kier alpha value is -1.05. The van der Waals surface area contributed by atoms with Crippen molar-refractivity contribution in [1.29, 1.82) is 0 Å². The lowest BCUT2D eigenvalue weighted by Crippen LogP contribution is -2.28. The highest BCUT2D eigenvalue weighted by molar-refractivity contribution is 5.96. The number of hydrogen-bond donors (Lipinski definition) is 0. The molecule has 0 N–H and O–H groups in total. The van der Waals surface area contributed by atoms with E-state index in [2.05, 4.69) is 17.1 Å². The van der Waals surface area contributed by atoms with Crippen LogP contribution in [-0.4, -0.2) is 23.8 Å². The second-order valence-electron chi connectivity index (χ2n) is 5.67. The van der Waals surface area contributed by atoms with Crippen molar-refractivity contribution in [1.82, 2.24) is 4.90 Å². The first-order valence-electron chi connectivity index (χ1n) is 6.53. The average molecular weight is 215 g/mol. The summed E-state index contributed by atoms with van der Waals surface area (Å²) < 4.78 is 0. The van der Waals surface area contributed by atoms with Crippen LogP contribution in [0.1, 0.15) is 19.3 Å². The number of carbonyl (C=O) groups is 1. The molecule has 2 fully saturated rings. The molecular formula is C14H17NO. The van der Waals surface area contributed by atoms with Crippen molar-refractivity contribution in [2.24, 2.45) is 23.7 Å². The molecule has 0 radical (unpaired) electrons. The fraction of sp³-hybridized carbons (Fsp3) is 0.643. The molecule has 4 atom stereocenters. The highest BCUT2D eigenvalue weighted by Crippen LogP contribution is 2.55. The number of fused-ring (bicyclic) bond motifs is 5. The zero-order valence-corrected chi connectivity index (χ0v) is 9.43. The number of likely N-dealkylation sites (tertiary alicyclic amines) is 1. The first-order chi connectivity index (χ1) is 7.84. The predicted molar refractivity (Wildman–Crippen MR) is 61.6 cm³/mol. The maximum absolute atomic E-state index is 12.1. The first-order valence-corrected chi connectivity index (χ1v) is 6.53. The van der Waals surface area contributed by atoms with E-state index in [9.17, 15) is 4.79 Å². The Morgan fingerprint density at radius 2 is 1.75 bits per heavy atom. The normalized spacial score (nSPS) is 44.4. The monoisotopic (exact) mass is 215 g/mol. The summed E-state index contributed by atoms with van der Waals surface area (Å²) in [5.74, 6) is 2.47. The SMILES string of the molecule is O=C1C=C(N2CCCC2)[C@@H]2[C@H]1[C@@H]1C=C[C@H]2C1. The second-order valence-corrected chi connectivity index (χ2v) is 5.67. The summed E-state index contributed by atoms with van der Waals surface area (Å²) in [7, 11) is 0. The highest BCUT2D eigenvalue weighted by atomic mass is 16.1. The fourth-order valence-corrected chi connectivity index (χ4v) is 4.23. The van der Waals surface area contributed by atoms with E-state index in [0.717, 1.165) is 0 Å². The maximum atomic E-state index is 12.1. The third-order valence-electron chi connectivity index (χ3n) is 4.89. The van der Waals surface area contributed by atoms with Crippen LogP contribution in [0.3, 0.4) is 0 Å². The minimum Gasteiger partial charge on any atom is -0.374 e. The second kappa shape index (κ2) is 2.99. The van der Waals surface area contributed by atoms with E-state index < -0.39 is 0 Å². The Morgan fingerprint density at radius 3 is 2.50 bits per heavy atom. The van der Waals surface area contributed by atoms with Gasteiger partial charge in [0.2, 0.25) is 0 Å². The smallest absolute Gasteiger partial charge is 0.161 e. The van der Waals surface area contributed by atoms with Gasteiger partial charge in [0.15, 0.2) is 5.78 Å². The van der Waals surface area contributed by atoms with Crippen LogP contribution in [0.15, 0.2) is 23.9 Å². The molecule has 1 aliphatic heterocycles. The van der Waals surface area contributed by atoms with E-state index in [1.807, 2.05) is 6.08 Å². The van der Waals surface area contributed by atoms with Crippen molar-refractivity contribution in [2.75, 3.05) is 13.1 Å². The van der Waals surface area contributed by atoms with Crippen LogP contribution < -0.4 is 0 Å². The van der Waals surface area contributed by atoms with Gasteiger partial charge in [-0.2, -0.15) is 0 Å². The fourth-order valence-electron chi connectivity index (χ4n) is 4.23. The molecule has 1 saturated heterocycles. The number of allylic oxidation sites excluding steroid dienone is 4. The lowest BCUT2D eigenvalue weighted by molar-refractivity contribution is -0.118. The van der Waals surface area contributed by atoms with Gasteiger partial charge in [-0.15, -0.1) is 0 Å². The Bertz CT molecular complexity index is 403. The van der Waals surface area contributed by atoms with Crippen LogP contribution in [0.5, 0.6) is 0 Å². The molecule has 4 rings (SSSR count). The zero-order chi connectivity index (χ0) is 10.7. The Morgan fingerprint density at radius 1 is 1.06 bits per heavy atom. The molecule has 0 aromatic heterocycles. The van der Waals surface area contributed by atoms with Gasteiger partial charge in [-0.05, 0) is 31.1 Å². The van der Waals surface area contributed by atoms with Gasteiger partial charge in [-0.1, -0.05) is 12.2 Å². The van der Waals surface area contributed by atoms with Gasteiger partial charge in [-0.3, -0.25) is 4.79 Å². The van der Waals surface area contributed by atoms with Gasteiger partial charge >= 0.3 is 0 Å². The molecule has 0 unspecified atom stereocenters. The molecule has 0 aromatic carbocycles. The number of ketones is 1. The Balaban J connectivity index is 1.70. The third kappa shape index (κ3) is 1.00. The molecule has 0 aromatic rings. The Labute approximate surface area is 96.0 Å². The highest BCUT2D eigenvalue weighted by Gasteiger charge is 2.53. The molecule has 0 amide bonds. The van der Waals surface area contributed by atoms with Crippen molar-refractivity contribution >= 4 is 5.78 Å². The van der Waals surface area contributed by atoms with Crippen LogP contribution in [-0.2, 0) is 4.79 Å². The summed E-state index contributed by atoms with van der Waals surface area (Å²) in [6, 6.07) is 0. The van der Waals surface area contributed by atoms with Gasteiger partial charge in [0.25, 0.3) is 0 Å². The first kappa shape index (κ1) is 9.03. The third-order valence-corrected chi connectivity index (χ3v) is 4.89. The van der Waals surface area contributed by atoms with Crippen LogP contribution in [0, 0.1) is 23.7 Å². The van der Waals surface area contributed by atoms with E-state index in [4.69, 9.17) is 0 Å². The molecule has 3 aliphatic carbocycles. The van der Waals surface area contributed by atoms with E-state index >= 15 is 0 Å². The Kier molecular flexibility index (Phi) is 1.69. The van der Waals surface area contributed by atoms with Crippen molar-refractivity contribution in [3.8, 4) is 0 Å². The van der Waals surface area contributed by atoms with E-state index in [-0.39, 0.29) is 0 Å². The van der Waals surface area contributed by atoms with Crippen LogP contribution >= 0.6 is 0 Å². The van der Waals surface area contributed by atoms with Gasteiger partial charge in [0.1, 0.15) is 0 Å². The molecule has 1 saturated carbocycles. The summed E-state index contributed by atoms with van der Waals surface area (Å²) in [5, 5.41) is 0. The number of nitrogens with zero attached hydrogens (tertiary/aromatic N) is 1. The zero-order valence-electron chi connectivity index (χ0n) is 9.43. The summed E-state index contributed by atoms with van der Waals surface area (Å²) >= 11 is 0. The summed E-state index contributed by atoms with van der Waals surface area (Å²) in [6.45, 7) is 2.34. The molecule has 84 valence electrons. The summed E-state index contributed by atoms with van der Waals surface area (Å²) in [5.41, 5.74) is 1.38. The predicted octanol–water partition coefficient (Wildman–Crippen LogP) is 1.99. The quantitative estimate of drug-likeness (QED) is 0.623. The maximum Gasteiger partial charge on any atom is 0.161 e. The topological polar surface area (TPSA) is 20.3 Å². The van der Waals surface area contributed by atoms with Crippen molar-refractivity contribution in [2.45, 2.75) is 19.3 Å². The van der Waals surface area contributed by atoms with E-state index in [1.165, 1.54) is 38.0 Å². The van der Waals surface area contributed by atoms with E-state index in [1.54, 1.807) is 0 Å². The molecule has 4 aliphatic rings. The molecule has 1 heterocycles. The number of hydrogen-bond acceptors (Lipinski definition) is 2. The lowest BCUT2D eigenvalue weighted by Gasteiger charge is -2.29. The van der Waals surface area contributed by atoms with Crippen molar-refractivity contribution in [3.63, 3.8) is 0 Å². The van der Waals surface area contributed by atoms with Crippen LogP contribution in [0.25, 0.3) is 0 Å². The summed E-state index contributed by atoms with van der Waals surface area (Å²) in [6.07, 6.45) is 10.4. The minimum atomic E-state index is 0.311. The standard InChI is InChI=1S/C14H17NO/c16-12-8-11(15-5-1-2-6-15)13-9-3-4-10(7-9)14(12)13/h3-4,8-10,13-14H,1-2,5-7H2/t9-,10+,13+,14-/m0/s1. The molecular weight excluding hydrogens is 198 g/mol. The largest absolute Gasteiger partial charge is 0.374 e. The van der Waals surface area contributed by atoms with E-state index in [0.29, 0.717) is 29.5 Å². The minimum absolute atomic E-state index is 0.311. The van der Waals surface area contributed by atoms with Crippen molar-refractivity contribution < 1.29 is 4.79 Å². The molecule has 0 spiro atoms. The van der Waals surface area contributed by atoms with Gasteiger partial charge < -0.3 is 4.90 Å². The average Bonchev–Trinajstić information content (AvgIpc) is 2.99. The van der Waals surface area contributed by atoms with Gasteiger partial charge in [-0.25, -0.2) is 0 Å². The lowest BCUT2D eigenvalue weighted by atomic mass is 9.83. The van der Waals surface area contributed by atoms with Crippen LogP contribution in [0.2, 0.25) is 0 Å².